The average Bonchev–Trinajstić information content (AvgIpc) is 2.76. The molecule has 1 amide bonds. The molecule has 0 bridgehead atoms. The maximum absolute atomic E-state index is 13.8. The third-order valence-electron chi connectivity index (χ3n) is 7.29. The number of benzene rings is 1. The van der Waals surface area contributed by atoms with E-state index >= 15 is 0 Å². The summed E-state index contributed by atoms with van der Waals surface area (Å²) in [7, 11) is 2.95. The summed E-state index contributed by atoms with van der Waals surface area (Å²) < 4.78 is 0. The SMILES string of the molecule is CN(C)[C@@H]1C(=O)C(C(=O)NCO)=C(O)[C@@]2(O)C(=O)C3=C(O)c4c(O)ccc(Cl)c4[C@@](C)(O)C3C[C@@H]12. The van der Waals surface area contributed by atoms with Crippen molar-refractivity contribution in [2.45, 2.75) is 30.6 Å². The number of nitrogens with zero attached hydrogens (tertiary/aromatic N) is 1. The van der Waals surface area contributed by atoms with Gasteiger partial charge in [0.05, 0.1) is 17.2 Å². The van der Waals surface area contributed by atoms with Crippen molar-refractivity contribution in [2.24, 2.45) is 11.8 Å². The number of rotatable bonds is 3. The number of carbonyl (C=O) groups excluding carboxylic acids is 3. The van der Waals surface area contributed by atoms with Crippen molar-refractivity contribution in [3.63, 3.8) is 0 Å². The number of phenolic OH excluding ortho intramolecular Hbond substituents is 1. The van der Waals surface area contributed by atoms with E-state index in [1.54, 1.807) is 0 Å². The second-order valence-electron chi connectivity index (χ2n) is 9.38. The van der Waals surface area contributed by atoms with Crippen LogP contribution in [0, 0.1) is 11.8 Å². The number of aliphatic hydroxyl groups is 5. The maximum Gasteiger partial charge on any atom is 0.260 e. The van der Waals surface area contributed by atoms with E-state index in [9.17, 15) is 39.9 Å². The molecule has 7 N–H and O–H groups in total. The molecule has 3 aliphatic rings. The molecule has 0 aliphatic heterocycles. The summed E-state index contributed by atoms with van der Waals surface area (Å²) in [5.74, 6) is -8.33. The Kier molecular flexibility index (Phi) is 5.77. The fourth-order valence-corrected chi connectivity index (χ4v) is 6.07. The number of aromatic hydroxyl groups is 1. The molecule has 0 aromatic heterocycles. The van der Waals surface area contributed by atoms with Crippen LogP contribution in [-0.2, 0) is 20.0 Å². The zero-order valence-electron chi connectivity index (χ0n) is 19.0. The molecule has 1 aromatic carbocycles. The van der Waals surface area contributed by atoms with E-state index in [4.69, 9.17) is 16.7 Å². The first-order valence-electron chi connectivity index (χ1n) is 10.7. The van der Waals surface area contributed by atoms with Crippen LogP contribution < -0.4 is 5.32 Å². The minimum absolute atomic E-state index is 0.0104. The highest BCUT2D eigenvalue weighted by Crippen LogP contribution is 2.58. The van der Waals surface area contributed by atoms with Crippen LogP contribution >= 0.6 is 11.6 Å². The van der Waals surface area contributed by atoms with Crippen molar-refractivity contribution in [2.75, 3.05) is 20.8 Å². The zero-order valence-corrected chi connectivity index (χ0v) is 19.8. The van der Waals surface area contributed by atoms with E-state index in [2.05, 4.69) is 0 Å². The predicted octanol–water partition coefficient (Wildman–Crippen LogP) is -0.137. The minimum Gasteiger partial charge on any atom is -0.508 e. The topological polar surface area (TPSA) is 188 Å². The summed E-state index contributed by atoms with van der Waals surface area (Å²) in [5, 5.41) is 66.7. The van der Waals surface area contributed by atoms with Gasteiger partial charge in [0.25, 0.3) is 5.91 Å². The molecule has 5 atom stereocenters. The van der Waals surface area contributed by atoms with Crippen molar-refractivity contribution in [3.05, 3.63) is 45.2 Å². The zero-order chi connectivity index (χ0) is 26.2. The highest BCUT2D eigenvalue weighted by atomic mass is 35.5. The Morgan fingerprint density at radius 3 is 2.40 bits per heavy atom. The van der Waals surface area contributed by atoms with E-state index in [0.29, 0.717) is 0 Å². The van der Waals surface area contributed by atoms with Crippen molar-refractivity contribution in [1.82, 2.24) is 10.2 Å². The molecule has 35 heavy (non-hydrogen) atoms. The number of phenols is 1. The summed E-state index contributed by atoms with van der Waals surface area (Å²) in [6, 6.07) is 1.19. The van der Waals surface area contributed by atoms with Gasteiger partial charge in [-0.25, -0.2) is 0 Å². The van der Waals surface area contributed by atoms with Gasteiger partial charge in [-0.2, -0.15) is 0 Å². The molecule has 1 aromatic rings. The minimum atomic E-state index is -2.83. The fraction of sp³-hybridized carbons (Fsp3) is 0.435. The molecule has 4 rings (SSSR count). The molecule has 1 fully saturated rings. The monoisotopic (exact) mass is 508 g/mol. The Balaban J connectivity index is 2.04. The van der Waals surface area contributed by atoms with E-state index in [1.165, 1.54) is 32.0 Å². The summed E-state index contributed by atoms with van der Waals surface area (Å²) >= 11 is 6.29. The number of hydrogen-bond acceptors (Lipinski definition) is 10. The molecule has 11 nitrogen and oxygen atoms in total. The lowest BCUT2D eigenvalue weighted by Crippen LogP contribution is -2.67. The lowest BCUT2D eigenvalue weighted by atomic mass is 9.54. The number of carbonyl (C=O) groups is 3. The molecule has 0 saturated heterocycles. The molecule has 1 unspecified atom stereocenters. The standard InChI is InChI=1S/C23H25ClN2O9/c1-22(34)8-6-9-16(26(2)3)18(30)14(21(33)25-7-27)20(32)23(9,35)19(31)12(8)17(29)13-11(28)5-4-10(24)15(13)22/h4-5,8-9,16,27-29,32,34-35H,6-7H2,1-3H3,(H,25,33)/t8?,9-,16-,22-,23-/m0/s1. The molecule has 12 heteroatoms. The van der Waals surface area contributed by atoms with Crippen LogP contribution in [0.4, 0.5) is 0 Å². The number of hydrogen-bond donors (Lipinski definition) is 7. The summed E-state index contributed by atoms with van der Waals surface area (Å²) in [4.78, 5) is 41.0. The van der Waals surface area contributed by atoms with Crippen molar-refractivity contribution >= 4 is 34.8 Å². The van der Waals surface area contributed by atoms with Crippen LogP contribution in [0.2, 0.25) is 5.02 Å². The quantitative estimate of drug-likeness (QED) is 0.214. The van der Waals surface area contributed by atoms with Gasteiger partial charge < -0.3 is 36.0 Å². The second-order valence-corrected chi connectivity index (χ2v) is 9.78. The van der Waals surface area contributed by atoms with Gasteiger partial charge in [0.1, 0.15) is 29.6 Å². The first-order chi connectivity index (χ1) is 16.2. The molecular formula is C23H25ClN2O9. The highest BCUT2D eigenvalue weighted by molar-refractivity contribution is 6.32. The molecule has 0 heterocycles. The number of Topliss-reactive ketones (excluding diaryl/α,β-unsaturated/α-hetero) is 2. The third-order valence-corrected chi connectivity index (χ3v) is 7.61. The second kappa shape index (κ2) is 8.04. The van der Waals surface area contributed by atoms with Crippen LogP contribution in [-0.4, -0.2) is 85.5 Å². The maximum atomic E-state index is 13.8. The van der Waals surface area contributed by atoms with E-state index in [1.807, 2.05) is 5.32 Å². The summed E-state index contributed by atoms with van der Waals surface area (Å²) in [6.07, 6.45) is -0.284. The van der Waals surface area contributed by atoms with Gasteiger partial charge in [0, 0.05) is 28.0 Å². The van der Waals surface area contributed by atoms with E-state index in [0.717, 1.165) is 6.07 Å². The lowest BCUT2D eigenvalue weighted by Gasteiger charge is -2.53. The Hall–Kier alpha value is -2.96. The summed E-state index contributed by atoms with van der Waals surface area (Å²) in [6.45, 7) is 0.454. The molecule has 0 radical (unpaired) electrons. The third kappa shape index (κ3) is 3.16. The van der Waals surface area contributed by atoms with Gasteiger partial charge in [-0.05, 0) is 39.6 Å². The number of likely N-dealkylation sites (N-methyl/N-ethyl adjacent to an activating group) is 1. The first-order valence-corrected chi connectivity index (χ1v) is 11.1. The van der Waals surface area contributed by atoms with Crippen molar-refractivity contribution in [1.29, 1.82) is 0 Å². The van der Waals surface area contributed by atoms with Gasteiger partial charge in [0.15, 0.2) is 11.4 Å². The molecule has 188 valence electrons. The van der Waals surface area contributed by atoms with Crippen LogP contribution in [0.5, 0.6) is 5.75 Å². The predicted molar refractivity (Wildman–Crippen MR) is 121 cm³/mol. The van der Waals surface area contributed by atoms with Crippen LogP contribution in [0.25, 0.3) is 5.76 Å². The Labute approximate surface area is 204 Å². The van der Waals surface area contributed by atoms with Crippen LogP contribution in [0.15, 0.2) is 29.0 Å². The number of nitrogens with one attached hydrogen (secondary N) is 1. The van der Waals surface area contributed by atoms with Crippen LogP contribution in [0.1, 0.15) is 24.5 Å². The molecule has 1 saturated carbocycles. The number of ketones is 2. The molecular weight excluding hydrogens is 484 g/mol. The molecule has 0 spiro atoms. The number of halogens is 1. The fourth-order valence-electron chi connectivity index (χ4n) is 5.72. The molecule has 3 aliphatic carbocycles. The Morgan fingerprint density at radius 1 is 1.20 bits per heavy atom. The smallest absolute Gasteiger partial charge is 0.260 e. The van der Waals surface area contributed by atoms with Gasteiger partial charge in [-0.15, -0.1) is 0 Å². The normalized spacial score (nSPS) is 32.4. The van der Waals surface area contributed by atoms with E-state index in [-0.39, 0.29) is 22.6 Å². The van der Waals surface area contributed by atoms with Crippen molar-refractivity contribution < 1.29 is 45.0 Å². The van der Waals surface area contributed by atoms with Gasteiger partial charge in [-0.1, -0.05) is 11.6 Å². The van der Waals surface area contributed by atoms with Gasteiger partial charge >= 0.3 is 0 Å². The van der Waals surface area contributed by atoms with Crippen molar-refractivity contribution in [3.8, 4) is 5.75 Å². The van der Waals surface area contributed by atoms with Gasteiger partial charge in [0.2, 0.25) is 5.78 Å². The number of fused-ring (bicyclic) bond motifs is 3. The first kappa shape index (κ1) is 25.1. The Bertz CT molecular complexity index is 1240. The largest absolute Gasteiger partial charge is 0.508 e. The lowest BCUT2D eigenvalue weighted by molar-refractivity contribution is -0.159. The van der Waals surface area contributed by atoms with Crippen LogP contribution in [0.3, 0.4) is 0 Å². The number of amides is 1. The number of aliphatic hydroxyl groups excluding tert-OH is 3. The highest BCUT2D eigenvalue weighted by Gasteiger charge is 2.66. The average molecular weight is 509 g/mol. The van der Waals surface area contributed by atoms with Gasteiger partial charge in [-0.3, -0.25) is 19.3 Å². The summed E-state index contributed by atoms with van der Waals surface area (Å²) in [5.41, 5.74) is -6.49. The Morgan fingerprint density at radius 2 is 1.83 bits per heavy atom. The van der Waals surface area contributed by atoms with E-state index < -0.39 is 81.7 Å².